The summed E-state index contributed by atoms with van der Waals surface area (Å²) in [6, 6.07) is 5.59. The zero-order chi connectivity index (χ0) is 38.5. The van der Waals surface area contributed by atoms with Gasteiger partial charge in [0.25, 0.3) is 5.91 Å². The lowest BCUT2D eigenvalue weighted by atomic mass is 9.81. The summed E-state index contributed by atoms with van der Waals surface area (Å²) in [5.41, 5.74) is -7.48. The van der Waals surface area contributed by atoms with Crippen molar-refractivity contribution in [1.29, 1.82) is 5.26 Å². The van der Waals surface area contributed by atoms with Crippen molar-refractivity contribution in [3.63, 3.8) is 0 Å². The summed E-state index contributed by atoms with van der Waals surface area (Å²) in [5, 5.41) is 25.6. The molecule has 1 aromatic carbocycles. The molecular weight excluding hydrogens is 728 g/mol. The first-order valence-corrected chi connectivity index (χ1v) is 14.9. The SMILES string of the molecule is Cn1nc(C(F)(F)C(F)(F)F)c(C(F)(F)F)c1-n1cc(-c2ccc(Cl)c(C(=O)N(COC(=O)OCC(C(=O)O)C(C)(C)C)C3(C#N)CC3)c2)cn1. The van der Waals surface area contributed by atoms with Crippen LogP contribution in [0.2, 0.25) is 5.02 Å². The molecule has 51 heavy (non-hydrogen) atoms. The third-order valence-electron chi connectivity index (χ3n) is 8.00. The monoisotopic (exact) mass is 754 g/mol. The molecule has 1 saturated carbocycles. The van der Waals surface area contributed by atoms with Crippen molar-refractivity contribution < 1.29 is 64.1 Å². The molecule has 0 saturated heterocycles. The maximum Gasteiger partial charge on any atom is 0.510 e. The van der Waals surface area contributed by atoms with Crippen molar-refractivity contribution in [2.45, 2.75) is 57.4 Å². The summed E-state index contributed by atoms with van der Waals surface area (Å²) in [6.07, 6.45) is -11.3. The minimum absolute atomic E-state index is 0.0505. The number of aryl methyl sites for hydroxylation is 1. The van der Waals surface area contributed by atoms with Crippen molar-refractivity contribution in [1.82, 2.24) is 24.5 Å². The first-order valence-electron chi connectivity index (χ1n) is 14.6. The molecule has 2 aromatic heterocycles. The number of carbonyl (C=O) groups excluding carboxylic acids is 2. The average molecular weight is 755 g/mol. The second-order valence-corrected chi connectivity index (χ2v) is 13.0. The Morgan fingerprint density at radius 2 is 1.71 bits per heavy atom. The highest BCUT2D eigenvalue weighted by Crippen LogP contribution is 2.49. The predicted molar refractivity (Wildman–Crippen MR) is 157 cm³/mol. The smallest absolute Gasteiger partial charge is 0.481 e. The fraction of sp³-hybridized carbons (Fsp3) is 0.467. The number of carboxylic acids is 1. The zero-order valence-electron chi connectivity index (χ0n) is 26.9. The van der Waals surface area contributed by atoms with Crippen molar-refractivity contribution >= 4 is 29.6 Å². The molecule has 1 N–H and O–H groups in total. The van der Waals surface area contributed by atoms with Gasteiger partial charge in [0.1, 0.15) is 17.7 Å². The number of aliphatic carboxylic acids is 1. The predicted octanol–water partition coefficient (Wildman–Crippen LogP) is 6.96. The van der Waals surface area contributed by atoms with Crippen LogP contribution in [0.15, 0.2) is 30.6 Å². The van der Waals surface area contributed by atoms with Crippen LogP contribution in [-0.2, 0) is 33.4 Å². The Bertz CT molecular complexity index is 1890. The fourth-order valence-electron chi connectivity index (χ4n) is 4.93. The molecule has 0 spiro atoms. The number of amides is 1. The molecule has 1 amide bonds. The van der Waals surface area contributed by atoms with Crippen molar-refractivity contribution in [3.05, 3.63) is 52.4 Å². The molecule has 276 valence electrons. The van der Waals surface area contributed by atoms with E-state index >= 15 is 0 Å². The summed E-state index contributed by atoms with van der Waals surface area (Å²) < 4.78 is 120. The normalized spacial score (nSPS) is 15.1. The van der Waals surface area contributed by atoms with Crippen LogP contribution in [0.25, 0.3) is 16.9 Å². The lowest BCUT2D eigenvalue weighted by molar-refractivity contribution is -0.292. The van der Waals surface area contributed by atoms with E-state index in [9.17, 15) is 59.9 Å². The Morgan fingerprint density at radius 3 is 2.22 bits per heavy atom. The van der Waals surface area contributed by atoms with Gasteiger partial charge in [-0.2, -0.15) is 50.6 Å². The van der Waals surface area contributed by atoms with Gasteiger partial charge in [-0.15, -0.1) is 0 Å². The molecule has 12 nitrogen and oxygen atoms in total. The van der Waals surface area contributed by atoms with Gasteiger partial charge in [-0.05, 0) is 36.0 Å². The van der Waals surface area contributed by atoms with E-state index in [1.807, 2.05) is 6.07 Å². The van der Waals surface area contributed by atoms with Gasteiger partial charge in [0.2, 0.25) is 0 Å². The van der Waals surface area contributed by atoms with Crippen LogP contribution in [0.1, 0.15) is 55.2 Å². The minimum atomic E-state index is -6.40. The molecular formula is C30H27ClF8N6O6. The van der Waals surface area contributed by atoms with Crippen LogP contribution in [0.5, 0.6) is 0 Å². The third kappa shape index (κ3) is 7.72. The maximum absolute atomic E-state index is 14.2. The van der Waals surface area contributed by atoms with Gasteiger partial charge in [0.15, 0.2) is 18.2 Å². The van der Waals surface area contributed by atoms with Crippen molar-refractivity contribution in [3.8, 4) is 23.0 Å². The first-order chi connectivity index (χ1) is 23.4. The number of rotatable bonds is 10. The molecule has 0 aliphatic heterocycles. The van der Waals surface area contributed by atoms with Crippen molar-refractivity contribution in [2.24, 2.45) is 18.4 Å². The molecule has 21 heteroatoms. The minimum Gasteiger partial charge on any atom is -0.481 e. The molecule has 0 bridgehead atoms. The van der Waals surface area contributed by atoms with E-state index in [1.54, 1.807) is 20.8 Å². The van der Waals surface area contributed by atoms with Crippen LogP contribution in [0, 0.1) is 22.7 Å². The van der Waals surface area contributed by atoms with E-state index in [2.05, 4.69) is 10.2 Å². The summed E-state index contributed by atoms with van der Waals surface area (Å²) in [5.74, 6) is -10.5. The number of nitriles is 1. The average Bonchev–Trinajstić information content (AvgIpc) is 3.46. The Morgan fingerprint density at radius 1 is 1.08 bits per heavy atom. The summed E-state index contributed by atoms with van der Waals surface area (Å²) in [6.45, 7) is 3.44. The standard InChI is InChI=1S/C30H27ClF8N6O6/c1-26(2,3)18(24(47)48)12-50-25(49)51-14-44(27(13-40)7-8-27)23(46)17-9-15(5-6-19(17)31)16-10-41-45(11-16)22-20(29(34,35)36)21(42-43(22)4)28(32,33)30(37,38)39/h5-6,9-11,18H,7-8,12,14H2,1-4H3,(H,47,48). The van der Waals surface area contributed by atoms with Gasteiger partial charge in [-0.1, -0.05) is 38.4 Å². The second-order valence-electron chi connectivity index (χ2n) is 12.6. The summed E-state index contributed by atoms with van der Waals surface area (Å²) in [4.78, 5) is 38.6. The van der Waals surface area contributed by atoms with Gasteiger partial charge in [0, 0.05) is 18.8 Å². The lowest BCUT2D eigenvalue weighted by Crippen LogP contribution is -2.43. The van der Waals surface area contributed by atoms with Crippen LogP contribution >= 0.6 is 11.6 Å². The number of ether oxygens (including phenoxy) is 2. The number of hydrogen-bond donors (Lipinski definition) is 1. The van der Waals surface area contributed by atoms with E-state index < -0.39 is 83.6 Å². The quantitative estimate of drug-likeness (QED) is 0.132. The van der Waals surface area contributed by atoms with Gasteiger partial charge in [0.05, 0.1) is 28.8 Å². The van der Waals surface area contributed by atoms with Crippen LogP contribution in [0.3, 0.4) is 0 Å². The largest absolute Gasteiger partial charge is 0.510 e. The Balaban J connectivity index is 1.65. The molecule has 1 aliphatic rings. The number of benzene rings is 1. The molecule has 1 unspecified atom stereocenters. The first kappa shape index (κ1) is 38.9. The molecule has 1 fully saturated rings. The van der Waals surface area contributed by atoms with Gasteiger partial charge >= 0.3 is 30.4 Å². The highest BCUT2D eigenvalue weighted by molar-refractivity contribution is 6.34. The summed E-state index contributed by atoms with van der Waals surface area (Å²) in [7, 11) is 0.714. The number of nitrogens with zero attached hydrogens (tertiary/aromatic N) is 6. The second kappa shape index (κ2) is 13.3. The molecule has 2 heterocycles. The maximum atomic E-state index is 14.2. The fourth-order valence-corrected chi connectivity index (χ4v) is 5.13. The molecule has 4 rings (SSSR count). The number of aromatic nitrogens is 4. The van der Waals surface area contributed by atoms with Crippen LogP contribution in [0.4, 0.5) is 39.9 Å². The summed E-state index contributed by atoms with van der Waals surface area (Å²) >= 11 is 6.29. The van der Waals surface area contributed by atoms with E-state index in [0.717, 1.165) is 23.4 Å². The molecule has 1 atom stereocenters. The number of halogens is 9. The van der Waals surface area contributed by atoms with Gasteiger partial charge in [-0.3, -0.25) is 14.5 Å². The highest BCUT2D eigenvalue weighted by Gasteiger charge is 2.64. The number of carboxylic acid groups (broad SMARTS) is 1. The highest BCUT2D eigenvalue weighted by atomic mass is 35.5. The molecule has 0 radical (unpaired) electrons. The van der Waals surface area contributed by atoms with Gasteiger partial charge in [-0.25, -0.2) is 14.2 Å². The van der Waals surface area contributed by atoms with Crippen molar-refractivity contribution in [2.75, 3.05) is 13.3 Å². The van der Waals surface area contributed by atoms with E-state index in [-0.39, 0.29) is 39.2 Å². The molecule has 3 aromatic rings. The van der Waals surface area contributed by atoms with Crippen LogP contribution < -0.4 is 0 Å². The number of alkyl halides is 8. The third-order valence-corrected chi connectivity index (χ3v) is 8.33. The van der Waals surface area contributed by atoms with Gasteiger partial charge < -0.3 is 14.6 Å². The van der Waals surface area contributed by atoms with E-state index in [0.29, 0.717) is 11.7 Å². The number of hydrogen-bond acceptors (Lipinski definition) is 8. The Kier molecular flexibility index (Phi) is 10.1. The Labute approximate surface area is 288 Å². The van der Waals surface area contributed by atoms with E-state index in [4.69, 9.17) is 21.1 Å². The lowest BCUT2D eigenvalue weighted by Gasteiger charge is -2.28. The zero-order valence-corrected chi connectivity index (χ0v) is 27.6. The Hall–Kier alpha value is -4.93. The van der Waals surface area contributed by atoms with Crippen LogP contribution in [-0.4, -0.2) is 72.7 Å². The number of carbonyl (C=O) groups is 3. The topological polar surface area (TPSA) is 153 Å². The van der Waals surface area contributed by atoms with E-state index in [1.165, 1.54) is 12.1 Å². The molecule has 1 aliphatic carbocycles.